The molecule has 4 N–H and O–H groups in total. The highest BCUT2D eigenvalue weighted by Crippen LogP contribution is 2.53. The number of nitrogens with two attached hydrogens (primary N) is 1. The fourth-order valence-electron chi connectivity index (χ4n) is 3.74. The summed E-state index contributed by atoms with van der Waals surface area (Å²) in [7, 11) is 0. The van der Waals surface area contributed by atoms with E-state index in [1.54, 1.807) is 24.3 Å². The van der Waals surface area contributed by atoms with Crippen LogP contribution in [-0.4, -0.2) is 27.7 Å². The van der Waals surface area contributed by atoms with Crippen molar-refractivity contribution in [2.45, 2.75) is 5.41 Å². The first-order chi connectivity index (χ1) is 13.0. The number of benzene rings is 1. The SMILES string of the molecule is N#CC1=C(N)Oc2[nH]c(=O)[nH]c(=O)c2C12C(=O)N(CCBr)c1ccccc12. The zero-order chi connectivity index (χ0) is 19.3. The number of nitrogens with one attached hydrogen (secondary N) is 2. The molecule has 0 saturated carbocycles. The van der Waals surface area contributed by atoms with Gasteiger partial charge in [0, 0.05) is 23.1 Å². The summed E-state index contributed by atoms with van der Waals surface area (Å²) in [5, 5.41) is 10.3. The van der Waals surface area contributed by atoms with Gasteiger partial charge in [-0.3, -0.25) is 19.6 Å². The van der Waals surface area contributed by atoms with E-state index in [0.29, 0.717) is 23.1 Å². The molecule has 1 spiro atoms. The lowest BCUT2D eigenvalue weighted by molar-refractivity contribution is -0.120. The number of nitriles is 1. The quantitative estimate of drug-likeness (QED) is 0.580. The van der Waals surface area contributed by atoms with E-state index in [9.17, 15) is 19.6 Å². The number of halogens is 1. The molecule has 2 aliphatic heterocycles. The fourth-order valence-corrected chi connectivity index (χ4v) is 4.09. The Balaban J connectivity index is 2.20. The van der Waals surface area contributed by atoms with Crippen LogP contribution in [0.5, 0.6) is 5.88 Å². The minimum Gasteiger partial charge on any atom is -0.423 e. The van der Waals surface area contributed by atoms with Crippen LogP contribution in [0.1, 0.15) is 11.1 Å². The van der Waals surface area contributed by atoms with Crippen molar-refractivity contribution in [3.05, 3.63) is 67.7 Å². The highest BCUT2D eigenvalue weighted by Gasteiger charge is 2.60. The molecule has 136 valence electrons. The molecule has 1 unspecified atom stereocenters. The number of ether oxygens (including phenoxy) is 1. The van der Waals surface area contributed by atoms with Crippen molar-refractivity contribution in [2.75, 3.05) is 16.8 Å². The number of anilines is 1. The van der Waals surface area contributed by atoms with Crippen molar-refractivity contribution in [2.24, 2.45) is 5.73 Å². The van der Waals surface area contributed by atoms with E-state index in [1.807, 2.05) is 6.07 Å². The number of amides is 1. The Morgan fingerprint density at radius 3 is 2.70 bits per heavy atom. The number of alkyl halides is 1. The van der Waals surface area contributed by atoms with Gasteiger partial charge in [-0.05, 0) is 6.07 Å². The molecular weight excluding hydrogens is 418 g/mol. The first-order valence-electron chi connectivity index (χ1n) is 7.89. The van der Waals surface area contributed by atoms with Crippen molar-refractivity contribution in [3.63, 3.8) is 0 Å². The van der Waals surface area contributed by atoms with Crippen LogP contribution in [0.15, 0.2) is 45.3 Å². The van der Waals surface area contributed by atoms with Crippen LogP contribution in [0.4, 0.5) is 5.69 Å². The van der Waals surface area contributed by atoms with Crippen molar-refractivity contribution in [3.8, 4) is 11.9 Å². The largest absolute Gasteiger partial charge is 0.423 e. The topological polar surface area (TPSA) is 145 Å². The molecule has 1 atom stereocenters. The summed E-state index contributed by atoms with van der Waals surface area (Å²) in [6.07, 6.45) is 0. The monoisotopic (exact) mass is 429 g/mol. The molecule has 2 aromatic rings. The number of carbonyl (C=O) groups excluding carboxylic acids is 1. The van der Waals surface area contributed by atoms with Crippen molar-refractivity contribution >= 4 is 27.5 Å². The third-order valence-corrected chi connectivity index (χ3v) is 5.06. The third kappa shape index (κ3) is 2.06. The van der Waals surface area contributed by atoms with Gasteiger partial charge in [0.15, 0.2) is 5.41 Å². The Kier molecular flexibility index (Phi) is 3.71. The van der Waals surface area contributed by atoms with Crippen LogP contribution >= 0.6 is 15.9 Å². The molecule has 0 aliphatic carbocycles. The summed E-state index contributed by atoms with van der Waals surface area (Å²) in [6.45, 7) is 0.313. The van der Waals surface area contributed by atoms with Gasteiger partial charge in [0.25, 0.3) is 5.56 Å². The second-order valence-corrected chi connectivity index (χ2v) is 6.77. The maximum atomic E-state index is 13.6. The number of aromatic nitrogens is 2. The average Bonchev–Trinajstić information content (AvgIpc) is 2.85. The van der Waals surface area contributed by atoms with E-state index >= 15 is 0 Å². The molecule has 3 heterocycles. The minimum atomic E-state index is -1.79. The standard InChI is InChI=1S/C17H12BrN5O4/c18-5-6-23-10-4-2-1-3-8(10)17(15(23)25)9(7-19)12(20)27-14-11(17)13(24)21-16(26)22-14/h1-4H,5-6,20H2,(H2,21,22,24,26). The van der Waals surface area contributed by atoms with Crippen LogP contribution < -0.4 is 26.6 Å². The van der Waals surface area contributed by atoms with Crippen LogP contribution in [0.2, 0.25) is 0 Å². The average molecular weight is 430 g/mol. The van der Waals surface area contributed by atoms with E-state index in [-0.39, 0.29) is 22.9 Å². The lowest BCUT2D eigenvalue weighted by atomic mass is 9.69. The van der Waals surface area contributed by atoms with E-state index in [2.05, 4.69) is 25.9 Å². The molecule has 0 saturated heterocycles. The van der Waals surface area contributed by atoms with E-state index < -0.39 is 22.6 Å². The molecule has 1 amide bonds. The van der Waals surface area contributed by atoms with Gasteiger partial charge >= 0.3 is 5.69 Å². The molecule has 0 fully saturated rings. The molecule has 1 aromatic heterocycles. The van der Waals surface area contributed by atoms with E-state index in [4.69, 9.17) is 10.5 Å². The summed E-state index contributed by atoms with van der Waals surface area (Å²) in [4.78, 5) is 44.0. The maximum Gasteiger partial charge on any atom is 0.328 e. The van der Waals surface area contributed by atoms with Crippen LogP contribution in [0.25, 0.3) is 0 Å². The molecular formula is C17H12BrN5O4. The zero-order valence-electron chi connectivity index (χ0n) is 13.7. The molecule has 10 heteroatoms. The van der Waals surface area contributed by atoms with Gasteiger partial charge in [0.2, 0.25) is 17.7 Å². The fraction of sp³-hybridized carbons (Fsp3) is 0.176. The number of hydrogen-bond acceptors (Lipinski definition) is 6. The van der Waals surface area contributed by atoms with Crippen molar-refractivity contribution < 1.29 is 9.53 Å². The van der Waals surface area contributed by atoms with Gasteiger partial charge in [0.05, 0.1) is 0 Å². The number of hydrogen-bond donors (Lipinski definition) is 3. The summed E-state index contributed by atoms with van der Waals surface area (Å²) in [5.41, 5.74) is 3.13. The zero-order valence-corrected chi connectivity index (χ0v) is 15.3. The number of aromatic amines is 2. The Morgan fingerprint density at radius 2 is 2.00 bits per heavy atom. The van der Waals surface area contributed by atoms with Crippen LogP contribution in [-0.2, 0) is 10.2 Å². The second kappa shape index (κ2) is 5.85. The lowest BCUT2D eigenvalue weighted by Gasteiger charge is -2.32. The Bertz CT molecular complexity index is 1170. The summed E-state index contributed by atoms with van der Waals surface area (Å²) in [6, 6.07) is 8.77. The second-order valence-electron chi connectivity index (χ2n) is 5.98. The first kappa shape index (κ1) is 17.1. The molecule has 4 rings (SSSR count). The number of fused-ring (bicyclic) bond motifs is 4. The highest BCUT2D eigenvalue weighted by atomic mass is 79.9. The van der Waals surface area contributed by atoms with Gasteiger partial charge < -0.3 is 15.4 Å². The molecule has 1 aromatic carbocycles. The number of carbonyl (C=O) groups is 1. The predicted molar refractivity (Wildman–Crippen MR) is 98.5 cm³/mol. The molecule has 27 heavy (non-hydrogen) atoms. The number of H-pyrrole nitrogens is 2. The van der Waals surface area contributed by atoms with Crippen molar-refractivity contribution in [1.82, 2.24) is 9.97 Å². The minimum absolute atomic E-state index is 0.164. The van der Waals surface area contributed by atoms with Crippen LogP contribution in [0, 0.1) is 11.3 Å². The molecule has 0 bridgehead atoms. The highest BCUT2D eigenvalue weighted by molar-refractivity contribution is 9.09. The van der Waals surface area contributed by atoms with Gasteiger partial charge in [-0.15, -0.1) is 0 Å². The number of nitrogens with zero attached hydrogens (tertiary/aromatic N) is 2. The Morgan fingerprint density at radius 1 is 1.26 bits per heavy atom. The van der Waals surface area contributed by atoms with Gasteiger partial charge in [-0.2, -0.15) is 5.26 Å². The molecule has 0 radical (unpaired) electrons. The smallest absolute Gasteiger partial charge is 0.328 e. The lowest BCUT2D eigenvalue weighted by Crippen LogP contribution is -2.50. The maximum absolute atomic E-state index is 13.6. The summed E-state index contributed by atoms with van der Waals surface area (Å²) in [5.74, 6) is -1.09. The van der Waals surface area contributed by atoms with Gasteiger partial charge in [0.1, 0.15) is 17.2 Å². The van der Waals surface area contributed by atoms with E-state index in [1.165, 1.54) is 4.90 Å². The summed E-state index contributed by atoms with van der Waals surface area (Å²) >= 11 is 3.32. The Labute approximate surface area is 160 Å². The number of rotatable bonds is 2. The normalized spacial score (nSPS) is 20.3. The van der Waals surface area contributed by atoms with Crippen LogP contribution in [0.3, 0.4) is 0 Å². The predicted octanol–water partition coefficient (Wildman–Crippen LogP) is 0.177. The molecule has 9 nitrogen and oxygen atoms in total. The van der Waals surface area contributed by atoms with Gasteiger partial charge in [-0.25, -0.2) is 4.79 Å². The first-order valence-corrected chi connectivity index (χ1v) is 9.01. The van der Waals surface area contributed by atoms with E-state index in [0.717, 1.165) is 0 Å². The Hall–Kier alpha value is -3.32. The van der Waals surface area contributed by atoms with Gasteiger partial charge in [-0.1, -0.05) is 34.1 Å². The summed E-state index contributed by atoms with van der Waals surface area (Å²) < 4.78 is 5.32. The third-order valence-electron chi connectivity index (χ3n) is 4.70. The van der Waals surface area contributed by atoms with Crippen molar-refractivity contribution in [1.29, 1.82) is 5.26 Å². The molecule has 2 aliphatic rings. The number of para-hydroxylation sites is 1.